The molecule has 0 radical (unpaired) electrons. The zero-order chi connectivity index (χ0) is 25.9. The van der Waals surface area contributed by atoms with E-state index in [-0.39, 0.29) is 35.5 Å². The molecule has 0 unspecified atom stereocenters. The van der Waals surface area contributed by atoms with Crippen LogP contribution in [0.25, 0.3) is 11.3 Å². The first-order valence-electron chi connectivity index (χ1n) is 10.5. The van der Waals surface area contributed by atoms with Crippen molar-refractivity contribution < 1.29 is 27.5 Å². The van der Waals surface area contributed by atoms with Gasteiger partial charge in [0.05, 0.1) is 29.1 Å². The summed E-state index contributed by atoms with van der Waals surface area (Å²) in [6.45, 7) is -0.269. The summed E-state index contributed by atoms with van der Waals surface area (Å²) in [6.07, 6.45) is -3.64. The van der Waals surface area contributed by atoms with Gasteiger partial charge in [-0.15, -0.1) is 0 Å². The highest BCUT2D eigenvalue weighted by atomic mass is 19.4. The van der Waals surface area contributed by atoms with Crippen molar-refractivity contribution in [3.05, 3.63) is 101 Å². The summed E-state index contributed by atoms with van der Waals surface area (Å²) in [6, 6.07) is 15.4. The number of nitrogen functional groups attached to an aromatic ring is 1. The van der Waals surface area contributed by atoms with Crippen LogP contribution in [0.2, 0.25) is 0 Å². The predicted molar refractivity (Wildman–Crippen MR) is 126 cm³/mol. The van der Waals surface area contributed by atoms with Gasteiger partial charge in [-0.05, 0) is 48.0 Å². The number of hydrogen-bond donors (Lipinski definition) is 4. The number of alkyl halides is 3. The minimum Gasteiger partial charge on any atom is -0.398 e. The first-order valence-corrected chi connectivity index (χ1v) is 10.5. The average Bonchev–Trinajstić information content (AvgIpc) is 3.38. The fraction of sp³-hybridized carbons (Fsp3) is 0.0800. The van der Waals surface area contributed by atoms with Gasteiger partial charge in [0.1, 0.15) is 11.7 Å². The maximum absolute atomic E-state index is 14.8. The number of halogens is 4. The normalized spacial score (nSPS) is 12.0. The molecule has 0 aliphatic rings. The fourth-order valence-corrected chi connectivity index (χ4v) is 3.50. The Morgan fingerprint density at radius 1 is 1.06 bits per heavy atom. The summed E-state index contributed by atoms with van der Waals surface area (Å²) in [4.78, 5) is 17.5. The Morgan fingerprint density at radius 3 is 2.42 bits per heavy atom. The van der Waals surface area contributed by atoms with Crippen molar-refractivity contribution in [2.45, 2.75) is 12.8 Å². The smallest absolute Gasteiger partial charge is 0.398 e. The summed E-state index contributed by atoms with van der Waals surface area (Å²) in [5.74, 6) is -2.47. The Hall–Kier alpha value is -4.51. The van der Waals surface area contributed by atoms with Crippen molar-refractivity contribution in [1.82, 2.24) is 15.5 Å². The zero-order valence-electron chi connectivity index (χ0n) is 18.5. The lowest BCUT2D eigenvalue weighted by molar-refractivity contribution is -0.137. The predicted octanol–water partition coefficient (Wildman–Crippen LogP) is 4.82. The number of amidine groups is 1. The summed E-state index contributed by atoms with van der Waals surface area (Å²) in [7, 11) is 0. The molecule has 3 aromatic carbocycles. The van der Waals surface area contributed by atoms with Crippen LogP contribution < -0.4 is 11.1 Å². The molecule has 1 aromatic heterocycles. The summed E-state index contributed by atoms with van der Waals surface area (Å²) in [5, 5.41) is 17.9. The van der Waals surface area contributed by atoms with E-state index in [1.165, 1.54) is 24.4 Å². The van der Waals surface area contributed by atoms with Crippen LogP contribution in [0.4, 0.5) is 28.9 Å². The molecular weight excluding hydrogens is 478 g/mol. The number of carbonyl (C=O) groups excluding carboxylic acids is 1. The SMILES string of the molecule is Nc1cc(CO)ccc1C(=Nc1ccccc1)NC(=O)c1cc(-c2ccn[nH]2)c(C(F)(F)F)cc1F. The molecule has 0 aliphatic carbocycles. The van der Waals surface area contributed by atoms with E-state index in [4.69, 9.17) is 5.73 Å². The number of aliphatic imine (C=N–C) groups is 1. The minimum absolute atomic E-state index is 0.0432. The second kappa shape index (κ2) is 10.0. The molecule has 0 saturated heterocycles. The number of nitrogens with two attached hydrogens (primary N) is 1. The van der Waals surface area contributed by atoms with E-state index in [2.05, 4.69) is 20.5 Å². The van der Waals surface area contributed by atoms with Crippen LogP contribution in [-0.2, 0) is 12.8 Å². The maximum atomic E-state index is 14.8. The van der Waals surface area contributed by atoms with E-state index in [1.807, 2.05) is 0 Å². The van der Waals surface area contributed by atoms with Crippen LogP contribution in [0, 0.1) is 5.82 Å². The highest BCUT2D eigenvalue weighted by molar-refractivity contribution is 6.15. The van der Waals surface area contributed by atoms with Crippen molar-refractivity contribution in [3.63, 3.8) is 0 Å². The van der Waals surface area contributed by atoms with Gasteiger partial charge in [-0.1, -0.05) is 24.3 Å². The quantitative estimate of drug-likeness (QED) is 0.137. The number of nitrogens with zero attached hydrogens (tertiary/aromatic N) is 2. The molecule has 0 bridgehead atoms. The van der Waals surface area contributed by atoms with Crippen molar-refractivity contribution in [2.24, 2.45) is 4.99 Å². The van der Waals surface area contributed by atoms with Crippen molar-refractivity contribution in [3.8, 4) is 11.3 Å². The van der Waals surface area contributed by atoms with Crippen LogP contribution in [0.5, 0.6) is 0 Å². The molecule has 1 amide bonds. The molecule has 0 spiro atoms. The van der Waals surface area contributed by atoms with E-state index in [9.17, 15) is 27.5 Å². The lowest BCUT2D eigenvalue weighted by Gasteiger charge is -2.16. The highest BCUT2D eigenvalue weighted by Gasteiger charge is 2.36. The third kappa shape index (κ3) is 5.26. The first-order chi connectivity index (χ1) is 17.2. The third-order valence-corrected chi connectivity index (χ3v) is 5.23. The molecule has 4 aromatic rings. The van der Waals surface area contributed by atoms with E-state index in [0.717, 1.165) is 6.07 Å². The van der Waals surface area contributed by atoms with Gasteiger partial charge in [-0.3, -0.25) is 9.89 Å². The zero-order valence-corrected chi connectivity index (χ0v) is 18.5. The molecule has 184 valence electrons. The number of nitrogens with one attached hydrogen (secondary N) is 2. The van der Waals surface area contributed by atoms with Crippen LogP contribution >= 0.6 is 0 Å². The molecule has 4 rings (SSSR count). The number of aromatic nitrogens is 2. The molecule has 5 N–H and O–H groups in total. The fourth-order valence-electron chi connectivity index (χ4n) is 3.50. The molecule has 0 atom stereocenters. The lowest BCUT2D eigenvalue weighted by Crippen LogP contribution is -2.32. The molecule has 0 fully saturated rings. The number of carbonyl (C=O) groups is 1. The van der Waals surface area contributed by atoms with Crippen molar-refractivity contribution >= 4 is 23.1 Å². The number of anilines is 1. The number of aliphatic hydroxyl groups is 1. The van der Waals surface area contributed by atoms with Gasteiger partial charge in [-0.2, -0.15) is 18.3 Å². The van der Waals surface area contributed by atoms with Gasteiger partial charge in [-0.25, -0.2) is 9.38 Å². The number of hydrogen-bond acceptors (Lipinski definition) is 5. The Bertz CT molecular complexity index is 1420. The van der Waals surface area contributed by atoms with Crippen molar-refractivity contribution in [2.75, 3.05) is 5.73 Å². The lowest BCUT2D eigenvalue weighted by atomic mass is 9.99. The van der Waals surface area contributed by atoms with E-state index >= 15 is 0 Å². The Balaban J connectivity index is 1.79. The van der Waals surface area contributed by atoms with Crippen molar-refractivity contribution in [1.29, 1.82) is 0 Å². The van der Waals surface area contributed by atoms with Gasteiger partial charge in [0.2, 0.25) is 0 Å². The highest BCUT2D eigenvalue weighted by Crippen LogP contribution is 2.38. The van der Waals surface area contributed by atoms with E-state index in [0.29, 0.717) is 11.3 Å². The van der Waals surface area contributed by atoms with Gasteiger partial charge < -0.3 is 16.2 Å². The number of benzene rings is 3. The largest absolute Gasteiger partial charge is 0.417 e. The second-order valence-corrected chi connectivity index (χ2v) is 7.68. The second-order valence-electron chi connectivity index (χ2n) is 7.68. The Morgan fingerprint density at radius 2 is 1.81 bits per heavy atom. The molecule has 1 heterocycles. The number of amides is 1. The molecule has 11 heteroatoms. The molecule has 36 heavy (non-hydrogen) atoms. The first kappa shape index (κ1) is 24.6. The number of aromatic amines is 1. The summed E-state index contributed by atoms with van der Waals surface area (Å²) < 4.78 is 55.6. The Labute approximate surface area is 202 Å². The number of para-hydroxylation sites is 1. The standard InChI is InChI=1S/C25H19F4N5O2/c26-20-12-19(25(27,28)29)17(22-8-9-31-34-22)11-18(20)24(36)33-23(32-15-4-2-1-3-5-15)16-7-6-14(13-35)10-21(16)30/h1-12,35H,13,30H2,(H,31,34)(H,32,33,36). The van der Waals surface area contributed by atoms with E-state index in [1.54, 1.807) is 36.4 Å². The summed E-state index contributed by atoms with van der Waals surface area (Å²) >= 11 is 0. The molecule has 0 aliphatic heterocycles. The van der Waals surface area contributed by atoms with Crippen LogP contribution in [-0.4, -0.2) is 27.0 Å². The van der Waals surface area contributed by atoms with Crippen LogP contribution in [0.1, 0.15) is 27.0 Å². The topological polar surface area (TPSA) is 116 Å². The van der Waals surface area contributed by atoms with Gasteiger partial charge in [0, 0.05) is 23.0 Å². The summed E-state index contributed by atoms with van der Waals surface area (Å²) in [5.41, 5.74) is 5.10. The van der Waals surface area contributed by atoms with Gasteiger partial charge in [0.25, 0.3) is 5.91 Å². The number of rotatable bonds is 5. The van der Waals surface area contributed by atoms with Gasteiger partial charge in [0.15, 0.2) is 0 Å². The third-order valence-electron chi connectivity index (χ3n) is 5.23. The minimum atomic E-state index is -4.88. The maximum Gasteiger partial charge on any atom is 0.417 e. The van der Waals surface area contributed by atoms with E-state index < -0.39 is 34.6 Å². The molecular formula is C25H19F4N5O2. The monoisotopic (exact) mass is 497 g/mol. The van der Waals surface area contributed by atoms with Gasteiger partial charge >= 0.3 is 6.18 Å². The van der Waals surface area contributed by atoms with Crippen LogP contribution in [0.15, 0.2) is 77.9 Å². The number of H-pyrrole nitrogens is 1. The molecule has 7 nitrogen and oxygen atoms in total. The number of aliphatic hydroxyl groups excluding tert-OH is 1. The molecule has 0 saturated carbocycles. The average molecular weight is 497 g/mol. The Kier molecular flexibility index (Phi) is 6.84. The van der Waals surface area contributed by atoms with Crippen LogP contribution in [0.3, 0.4) is 0 Å².